The van der Waals surface area contributed by atoms with Crippen molar-refractivity contribution < 1.29 is 0 Å². The molecule has 1 aliphatic carbocycles. The maximum atomic E-state index is 5.92. The molecule has 1 nitrogen and oxygen atoms in total. The van der Waals surface area contributed by atoms with Crippen LogP contribution in [0.2, 0.25) is 0 Å². The summed E-state index contributed by atoms with van der Waals surface area (Å²) in [4.78, 5) is 0. The molecule has 1 atom stereocenters. The van der Waals surface area contributed by atoms with Crippen molar-refractivity contribution in [1.82, 2.24) is 0 Å². The number of hydrogen-bond donors (Lipinski definition) is 1. The highest BCUT2D eigenvalue weighted by molar-refractivity contribution is 7.99. The lowest BCUT2D eigenvalue weighted by Gasteiger charge is -2.25. The van der Waals surface area contributed by atoms with Crippen LogP contribution in [0.5, 0.6) is 0 Å². The molecule has 15 heavy (non-hydrogen) atoms. The van der Waals surface area contributed by atoms with Gasteiger partial charge in [0.1, 0.15) is 0 Å². The van der Waals surface area contributed by atoms with Gasteiger partial charge in [0.05, 0.1) is 0 Å². The highest BCUT2D eigenvalue weighted by Crippen LogP contribution is 2.31. The molecule has 1 fully saturated rings. The lowest BCUT2D eigenvalue weighted by Crippen LogP contribution is -2.27. The van der Waals surface area contributed by atoms with E-state index in [1.807, 2.05) is 0 Å². The Morgan fingerprint density at radius 1 is 1.13 bits per heavy atom. The van der Waals surface area contributed by atoms with Crippen LogP contribution in [0.3, 0.4) is 0 Å². The Morgan fingerprint density at radius 3 is 2.20 bits per heavy atom. The fourth-order valence-electron chi connectivity index (χ4n) is 2.40. The van der Waals surface area contributed by atoms with E-state index in [1.54, 1.807) is 0 Å². The summed E-state index contributed by atoms with van der Waals surface area (Å²) in [7, 11) is 0. The molecule has 2 N–H and O–H groups in total. The molecule has 0 aliphatic heterocycles. The Kier molecular flexibility index (Phi) is 6.74. The van der Waals surface area contributed by atoms with E-state index in [-0.39, 0.29) is 0 Å². The minimum Gasteiger partial charge on any atom is -0.329 e. The summed E-state index contributed by atoms with van der Waals surface area (Å²) in [6, 6.07) is 0. The molecule has 0 radical (unpaired) electrons. The van der Waals surface area contributed by atoms with E-state index in [9.17, 15) is 0 Å². The molecule has 0 spiro atoms. The van der Waals surface area contributed by atoms with E-state index in [2.05, 4.69) is 25.6 Å². The summed E-state index contributed by atoms with van der Waals surface area (Å²) < 4.78 is 0. The van der Waals surface area contributed by atoms with Crippen molar-refractivity contribution in [2.45, 2.75) is 57.6 Å². The first-order chi connectivity index (χ1) is 7.24. The maximum Gasteiger partial charge on any atom is 0.0198 e. The zero-order valence-electron chi connectivity index (χ0n) is 10.4. The molecule has 90 valence electrons. The third-order valence-electron chi connectivity index (χ3n) is 3.30. The summed E-state index contributed by atoms with van der Waals surface area (Å²) in [6.45, 7) is 5.48. The summed E-state index contributed by atoms with van der Waals surface area (Å²) in [6.07, 6.45) is 8.61. The molecular formula is C13H27NS. The highest BCUT2D eigenvalue weighted by Gasteiger charge is 2.21. The van der Waals surface area contributed by atoms with Gasteiger partial charge < -0.3 is 5.73 Å². The monoisotopic (exact) mass is 229 g/mol. The van der Waals surface area contributed by atoms with E-state index in [4.69, 9.17) is 5.73 Å². The van der Waals surface area contributed by atoms with Gasteiger partial charge in [-0.1, -0.05) is 39.5 Å². The van der Waals surface area contributed by atoms with Crippen molar-refractivity contribution in [2.75, 3.05) is 12.3 Å². The molecule has 1 aliphatic rings. The second kappa shape index (κ2) is 7.56. The number of rotatable bonds is 5. The second-order valence-electron chi connectivity index (χ2n) is 5.25. The average Bonchev–Trinajstić information content (AvgIpc) is 2.47. The van der Waals surface area contributed by atoms with Crippen LogP contribution >= 0.6 is 11.8 Å². The van der Waals surface area contributed by atoms with E-state index >= 15 is 0 Å². The van der Waals surface area contributed by atoms with Gasteiger partial charge in [-0.2, -0.15) is 11.8 Å². The highest BCUT2D eigenvalue weighted by atomic mass is 32.2. The van der Waals surface area contributed by atoms with E-state index in [0.717, 1.165) is 23.6 Å². The molecule has 0 aromatic heterocycles. The van der Waals surface area contributed by atoms with Crippen molar-refractivity contribution in [1.29, 1.82) is 0 Å². The number of thioether (sulfide) groups is 1. The van der Waals surface area contributed by atoms with Crippen molar-refractivity contribution in [3.63, 3.8) is 0 Å². The summed E-state index contributed by atoms with van der Waals surface area (Å²) in [5.74, 6) is 2.98. The van der Waals surface area contributed by atoms with Gasteiger partial charge in [-0.25, -0.2) is 0 Å². The Bertz CT molecular complexity index is 151. The van der Waals surface area contributed by atoms with Crippen LogP contribution in [0.25, 0.3) is 0 Å². The Balaban J connectivity index is 2.34. The standard InChI is InChI=1S/C13H27NS/c1-11(2)10-15-13(9-14)12-7-5-3-4-6-8-12/h11-13H,3-10,14H2,1-2H3. The van der Waals surface area contributed by atoms with Gasteiger partial charge in [0.2, 0.25) is 0 Å². The molecule has 1 unspecified atom stereocenters. The number of nitrogens with two attached hydrogens (primary N) is 1. The number of hydrogen-bond acceptors (Lipinski definition) is 2. The normalized spacial score (nSPS) is 21.6. The predicted octanol–water partition coefficient (Wildman–Crippen LogP) is 3.67. The van der Waals surface area contributed by atoms with E-state index in [1.165, 1.54) is 44.3 Å². The van der Waals surface area contributed by atoms with Crippen LogP contribution in [0.15, 0.2) is 0 Å². The summed E-state index contributed by atoms with van der Waals surface area (Å²) in [5, 5.41) is 0.727. The van der Waals surface area contributed by atoms with Gasteiger partial charge in [0, 0.05) is 11.8 Å². The zero-order chi connectivity index (χ0) is 11.1. The topological polar surface area (TPSA) is 26.0 Å². The third-order valence-corrected chi connectivity index (χ3v) is 5.17. The molecule has 2 heteroatoms. The van der Waals surface area contributed by atoms with Crippen molar-refractivity contribution >= 4 is 11.8 Å². The second-order valence-corrected chi connectivity index (χ2v) is 6.53. The van der Waals surface area contributed by atoms with E-state index in [0.29, 0.717) is 0 Å². The zero-order valence-corrected chi connectivity index (χ0v) is 11.2. The van der Waals surface area contributed by atoms with Gasteiger partial charge in [-0.15, -0.1) is 0 Å². The Hall–Kier alpha value is 0.310. The molecule has 0 amide bonds. The molecule has 1 saturated carbocycles. The van der Waals surface area contributed by atoms with Gasteiger partial charge >= 0.3 is 0 Å². The summed E-state index contributed by atoms with van der Waals surface area (Å²) >= 11 is 2.12. The lowest BCUT2D eigenvalue weighted by atomic mass is 9.96. The van der Waals surface area contributed by atoms with Crippen molar-refractivity contribution in [3.8, 4) is 0 Å². The van der Waals surface area contributed by atoms with Gasteiger partial charge in [-0.3, -0.25) is 0 Å². The molecule has 0 heterocycles. The summed E-state index contributed by atoms with van der Waals surface area (Å²) in [5.41, 5.74) is 5.92. The first kappa shape index (κ1) is 13.4. The molecule has 1 rings (SSSR count). The Morgan fingerprint density at radius 2 is 1.73 bits per heavy atom. The lowest BCUT2D eigenvalue weighted by molar-refractivity contribution is 0.445. The van der Waals surface area contributed by atoms with Crippen LogP contribution in [0.4, 0.5) is 0 Å². The Labute approximate surface area is 99.6 Å². The van der Waals surface area contributed by atoms with Crippen LogP contribution in [0, 0.1) is 11.8 Å². The van der Waals surface area contributed by atoms with Crippen molar-refractivity contribution in [3.05, 3.63) is 0 Å². The minimum atomic E-state index is 0.727. The fourth-order valence-corrected chi connectivity index (χ4v) is 3.71. The van der Waals surface area contributed by atoms with Crippen LogP contribution in [0.1, 0.15) is 52.4 Å². The van der Waals surface area contributed by atoms with Crippen LogP contribution in [-0.4, -0.2) is 17.5 Å². The van der Waals surface area contributed by atoms with Crippen LogP contribution < -0.4 is 5.73 Å². The average molecular weight is 229 g/mol. The van der Waals surface area contributed by atoms with Crippen molar-refractivity contribution in [2.24, 2.45) is 17.6 Å². The van der Waals surface area contributed by atoms with E-state index < -0.39 is 0 Å². The third kappa shape index (κ3) is 5.26. The largest absolute Gasteiger partial charge is 0.329 e. The molecule has 0 aromatic rings. The van der Waals surface area contributed by atoms with Gasteiger partial charge in [0.15, 0.2) is 0 Å². The predicted molar refractivity (Wildman–Crippen MR) is 71.3 cm³/mol. The van der Waals surface area contributed by atoms with Crippen LogP contribution in [-0.2, 0) is 0 Å². The van der Waals surface area contributed by atoms with Gasteiger partial charge in [-0.05, 0) is 30.4 Å². The molecule has 0 aromatic carbocycles. The molecule has 0 saturated heterocycles. The SMILES string of the molecule is CC(C)CSC(CN)C1CCCCCC1. The first-order valence-electron chi connectivity index (χ1n) is 6.55. The maximum absolute atomic E-state index is 5.92. The first-order valence-corrected chi connectivity index (χ1v) is 7.60. The minimum absolute atomic E-state index is 0.727. The fraction of sp³-hybridized carbons (Fsp3) is 1.00. The molecule has 0 bridgehead atoms. The molecular weight excluding hydrogens is 202 g/mol. The quantitative estimate of drug-likeness (QED) is 0.728. The smallest absolute Gasteiger partial charge is 0.0198 e. The van der Waals surface area contributed by atoms with Gasteiger partial charge in [0.25, 0.3) is 0 Å².